The molecule has 2 aliphatic heterocycles. The van der Waals surface area contributed by atoms with Crippen LogP contribution in [-0.4, -0.2) is 32.1 Å². The van der Waals surface area contributed by atoms with Gasteiger partial charge in [-0.15, -0.1) is 0 Å². The molecule has 0 spiro atoms. The quantitative estimate of drug-likeness (QED) is 0.813. The molecule has 0 aromatic heterocycles. The number of fused-ring (bicyclic) bond motifs is 1. The van der Waals surface area contributed by atoms with E-state index in [0.717, 1.165) is 5.56 Å². The molecule has 2 heterocycles. The molecule has 2 aromatic rings. The first-order valence-corrected chi connectivity index (χ1v) is 8.51. The van der Waals surface area contributed by atoms with Gasteiger partial charge in [0.05, 0.1) is 13.2 Å². The number of hydrogen-bond acceptors (Lipinski definition) is 5. The van der Waals surface area contributed by atoms with Crippen LogP contribution in [0.25, 0.3) is 0 Å². The number of methoxy groups -OCH3 is 1. The van der Waals surface area contributed by atoms with Crippen LogP contribution in [0.3, 0.4) is 0 Å². The summed E-state index contributed by atoms with van der Waals surface area (Å²) < 4.78 is 16.2. The van der Waals surface area contributed by atoms with Crippen molar-refractivity contribution >= 4 is 11.8 Å². The normalized spacial score (nSPS) is 18.0. The molecular weight excluding hydrogens is 348 g/mol. The van der Waals surface area contributed by atoms with E-state index in [9.17, 15) is 9.59 Å². The number of amides is 2. The molecule has 4 rings (SSSR count). The molecule has 2 N–H and O–H groups in total. The fourth-order valence-corrected chi connectivity index (χ4v) is 3.08. The highest BCUT2D eigenvalue weighted by atomic mass is 16.6. The number of carbonyl (C=O) groups excluding carboxylic acids is 2. The summed E-state index contributed by atoms with van der Waals surface area (Å²) in [5.41, 5.74) is 1.67. The summed E-state index contributed by atoms with van der Waals surface area (Å²) in [6.45, 7) is 0.931. The standard InChI is InChI=1S/C20H18N2O5/c1-25-14-5-2-12(3-6-14)18-15(11-21-20(24)22-18)19(23)13-4-7-16-17(10-13)27-9-8-26-16/h2-7,10-11,18H,8-9H2,1H3,(H2,21,22,24). The molecule has 138 valence electrons. The van der Waals surface area contributed by atoms with Crippen molar-refractivity contribution in [1.82, 2.24) is 10.6 Å². The number of rotatable bonds is 4. The monoisotopic (exact) mass is 366 g/mol. The number of urea groups is 1. The Labute approximate surface area is 155 Å². The first kappa shape index (κ1) is 17.0. The van der Waals surface area contributed by atoms with E-state index in [1.807, 2.05) is 12.1 Å². The van der Waals surface area contributed by atoms with Crippen LogP contribution in [0.2, 0.25) is 0 Å². The van der Waals surface area contributed by atoms with Crippen molar-refractivity contribution < 1.29 is 23.8 Å². The minimum Gasteiger partial charge on any atom is -0.497 e. The van der Waals surface area contributed by atoms with E-state index >= 15 is 0 Å². The van der Waals surface area contributed by atoms with Gasteiger partial charge in [-0.1, -0.05) is 12.1 Å². The lowest BCUT2D eigenvalue weighted by molar-refractivity contribution is 0.102. The molecule has 2 amide bonds. The van der Waals surface area contributed by atoms with Gasteiger partial charge in [0, 0.05) is 17.3 Å². The number of carbonyl (C=O) groups is 2. The van der Waals surface area contributed by atoms with E-state index in [0.29, 0.717) is 41.6 Å². The van der Waals surface area contributed by atoms with Crippen LogP contribution in [0.5, 0.6) is 17.2 Å². The number of ketones is 1. The Kier molecular flexibility index (Phi) is 4.42. The highest BCUT2D eigenvalue weighted by Crippen LogP contribution is 2.33. The number of benzene rings is 2. The summed E-state index contributed by atoms with van der Waals surface area (Å²) in [4.78, 5) is 24.9. The minimum absolute atomic E-state index is 0.208. The first-order chi connectivity index (χ1) is 13.2. The van der Waals surface area contributed by atoms with E-state index in [-0.39, 0.29) is 11.8 Å². The van der Waals surface area contributed by atoms with Crippen molar-refractivity contribution in [3.8, 4) is 17.2 Å². The van der Waals surface area contributed by atoms with Gasteiger partial charge < -0.3 is 24.8 Å². The summed E-state index contributed by atoms with van der Waals surface area (Å²) in [5.74, 6) is 1.65. The Hall–Kier alpha value is -3.48. The second-order valence-corrected chi connectivity index (χ2v) is 6.11. The summed E-state index contributed by atoms with van der Waals surface area (Å²) in [6.07, 6.45) is 1.45. The predicted molar refractivity (Wildman–Crippen MR) is 97.2 cm³/mol. The second kappa shape index (κ2) is 7.03. The molecule has 2 aromatic carbocycles. The first-order valence-electron chi connectivity index (χ1n) is 8.51. The van der Waals surface area contributed by atoms with Crippen LogP contribution in [0.4, 0.5) is 4.79 Å². The van der Waals surface area contributed by atoms with Crippen molar-refractivity contribution in [2.75, 3.05) is 20.3 Å². The molecule has 0 saturated carbocycles. The Bertz CT molecular complexity index is 920. The van der Waals surface area contributed by atoms with E-state index in [1.165, 1.54) is 6.20 Å². The van der Waals surface area contributed by atoms with Crippen molar-refractivity contribution in [3.05, 3.63) is 65.4 Å². The van der Waals surface area contributed by atoms with Crippen LogP contribution >= 0.6 is 0 Å². The predicted octanol–water partition coefficient (Wildman–Crippen LogP) is 2.59. The van der Waals surface area contributed by atoms with E-state index in [2.05, 4.69) is 10.6 Å². The maximum absolute atomic E-state index is 13.1. The third-order valence-electron chi connectivity index (χ3n) is 4.46. The maximum Gasteiger partial charge on any atom is 0.319 e. The van der Waals surface area contributed by atoms with Gasteiger partial charge in [-0.05, 0) is 35.9 Å². The fraction of sp³-hybridized carbons (Fsp3) is 0.200. The number of nitrogens with one attached hydrogen (secondary N) is 2. The molecule has 0 bridgehead atoms. The second-order valence-electron chi connectivity index (χ2n) is 6.11. The third kappa shape index (κ3) is 3.31. The lowest BCUT2D eigenvalue weighted by Crippen LogP contribution is -2.42. The summed E-state index contributed by atoms with van der Waals surface area (Å²) in [6, 6.07) is 11.4. The Morgan fingerprint density at radius 2 is 1.81 bits per heavy atom. The fourth-order valence-electron chi connectivity index (χ4n) is 3.08. The van der Waals surface area contributed by atoms with Crippen LogP contribution in [0, 0.1) is 0 Å². The lowest BCUT2D eigenvalue weighted by Gasteiger charge is -2.26. The average molecular weight is 366 g/mol. The molecule has 1 atom stereocenters. The molecule has 2 aliphatic rings. The molecule has 7 nitrogen and oxygen atoms in total. The Morgan fingerprint density at radius 1 is 1.07 bits per heavy atom. The molecule has 0 fully saturated rings. The van der Waals surface area contributed by atoms with Crippen LogP contribution in [-0.2, 0) is 0 Å². The van der Waals surface area contributed by atoms with Crippen molar-refractivity contribution in [1.29, 1.82) is 0 Å². The van der Waals surface area contributed by atoms with Gasteiger partial charge in [0.1, 0.15) is 19.0 Å². The highest BCUT2D eigenvalue weighted by Gasteiger charge is 2.29. The Morgan fingerprint density at radius 3 is 2.56 bits per heavy atom. The van der Waals surface area contributed by atoms with Crippen molar-refractivity contribution in [2.45, 2.75) is 6.04 Å². The summed E-state index contributed by atoms with van der Waals surface area (Å²) in [7, 11) is 1.58. The molecule has 7 heteroatoms. The zero-order valence-corrected chi connectivity index (χ0v) is 14.7. The SMILES string of the molecule is COc1ccc(C2NC(=O)NC=C2C(=O)c2ccc3c(c2)OCCO3)cc1. The average Bonchev–Trinajstić information content (AvgIpc) is 2.73. The van der Waals surface area contributed by atoms with Gasteiger partial charge in [0.15, 0.2) is 17.3 Å². The Balaban J connectivity index is 1.66. The van der Waals surface area contributed by atoms with Crippen LogP contribution in [0.1, 0.15) is 22.0 Å². The minimum atomic E-state index is -0.564. The third-order valence-corrected chi connectivity index (χ3v) is 4.46. The van der Waals surface area contributed by atoms with Gasteiger partial charge in [0.2, 0.25) is 0 Å². The van der Waals surface area contributed by atoms with Crippen molar-refractivity contribution in [2.24, 2.45) is 0 Å². The molecule has 0 saturated heterocycles. The molecular formula is C20H18N2O5. The van der Waals surface area contributed by atoms with Gasteiger partial charge in [-0.3, -0.25) is 4.79 Å². The van der Waals surface area contributed by atoms with E-state index in [4.69, 9.17) is 14.2 Å². The number of Topliss-reactive ketones (excluding diaryl/α,β-unsaturated/α-hetero) is 1. The topological polar surface area (TPSA) is 85.9 Å². The van der Waals surface area contributed by atoms with E-state index < -0.39 is 6.04 Å². The van der Waals surface area contributed by atoms with Gasteiger partial charge >= 0.3 is 6.03 Å². The largest absolute Gasteiger partial charge is 0.497 e. The smallest absolute Gasteiger partial charge is 0.319 e. The van der Waals surface area contributed by atoms with Crippen LogP contribution < -0.4 is 24.8 Å². The van der Waals surface area contributed by atoms with Gasteiger partial charge in [0.25, 0.3) is 0 Å². The highest BCUT2D eigenvalue weighted by molar-refractivity contribution is 6.11. The molecule has 1 unspecified atom stereocenters. The zero-order valence-electron chi connectivity index (χ0n) is 14.7. The lowest BCUT2D eigenvalue weighted by atomic mass is 9.91. The van der Waals surface area contributed by atoms with Crippen molar-refractivity contribution in [3.63, 3.8) is 0 Å². The van der Waals surface area contributed by atoms with Gasteiger partial charge in [-0.25, -0.2) is 4.79 Å². The summed E-state index contributed by atoms with van der Waals surface area (Å²) >= 11 is 0. The van der Waals surface area contributed by atoms with E-state index in [1.54, 1.807) is 37.4 Å². The zero-order chi connectivity index (χ0) is 18.8. The van der Waals surface area contributed by atoms with Crippen LogP contribution in [0.15, 0.2) is 54.2 Å². The number of hydrogen-bond donors (Lipinski definition) is 2. The summed E-state index contributed by atoms with van der Waals surface area (Å²) in [5, 5.41) is 5.35. The molecule has 0 radical (unpaired) electrons. The maximum atomic E-state index is 13.1. The molecule has 27 heavy (non-hydrogen) atoms. The number of ether oxygens (including phenoxy) is 3. The van der Waals surface area contributed by atoms with Gasteiger partial charge in [-0.2, -0.15) is 0 Å². The molecule has 0 aliphatic carbocycles.